The third-order valence-corrected chi connectivity index (χ3v) is 4.98. The number of aromatic nitrogens is 4. The molecule has 1 unspecified atom stereocenters. The van der Waals surface area contributed by atoms with Gasteiger partial charge >= 0.3 is 0 Å². The summed E-state index contributed by atoms with van der Waals surface area (Å²) in [5.74, 6) is 1.07. The van der Waals surface area contributed by atoms with Crippen molar-refractivity contribution in [1.82, 2.24) is 30.0 Å². The number of amides is 1. The Kier molecular flexibility index (Phi) is 4.54. The first-order chi connectivity index (χ1) is 11.0. The first-order valence-corrected chi connectivity index (χ1v) is 8.52. The molecule has 0 spiro atoms. The Bertz CT molecular complexity index is 707. The summed E-state index contributed by atoms with van der Waals surface area (Å²) in [4.78, 5) is 19.3. The molecular weight excluding hydrogens is 360 g/mol. The molecule has 1 atom stereocenters. The molecule has 8 heteroatoms. The maximum absolute atomic E-state index is 13.0. The number of halogens is 1. The second-order valence-corrected chi connectivity index (χ2v) is 6.86. The number of H-pyrrole nitrogens is 1. The molecule has 1 aliphatic heterocycles. The van der Waals surface area contributed by atoms with Gasteiger partial charge in [0, 0.05) is 39.1 Å². The maximum atomic E-state index is 13.0. The van der Waals surface area contributed by atoms with E-state index in [1.165, 1.54) is 0 Å². The molecule has 0 saturated carbocycles. The van der Waals surface area contributed by atoms with E-state index in [1.807, 2.05) is 22.7 Å². The van der Waals surface area contributed by atoms with Crippen molar-refractivity contribution in [1.29, 1.82) is 0 Å². The van der Waals surface area contributed by atoms with Crippen LogP contribution in [0.1, 0.15) is 47.8 Å². The minimum Gasteiger partial charge on any atom is -0.336 e. The molecule has 1 fully saturated rings. The molecule has 0 radical (unpaired) electrons. The zero-order chi connectivity index (χ0) is 16.6. The van der Waals surface area contributed by atoms with E-state index in [2.05, 4.69) is 50.3 Å². The second kappa shape index (κ2) is 6.45. The molecule has 2 aromatic heterocycles. The zero-order valence-electron chi connectivity index (χ0n) is 13.5. The number of piperazine rings is 1. The summed E-state index contributed by atoms with van der Waals surface area (Å²) >= 11 is 3.52. The molecule has 2 N–H and O–H groups in total. The largest absolute Gasteiger partial charge is 0.336 e. The Labute approximate surface area is 143 Å². The molecule has 0 bridgehead atoms. The monoisotopic (exact) mass is 380 g/mol. The minimum absolute atomic E-state index is 0.0745. The zero-order valence-corrected chi connectivity index (χ0v) is 15.1. The van der Waals surface area contributed by atoms with E-state index in [4.69, 9.17) is 0 Å². The van der Waals surface area contributed by atoms with Gasteiger partial charge in [-0.2, -0.15) is 5.10 Å². The number of nitrogens with one attached hydrogen (secondary N) is 2. The van der Waals surface area contributed by atoms with Gasteiger partial charge in [-0.25, -0.2) is 4.98 Å². The molecule has 1 saturated heterocycles. The topological polar surface area (TPSA) is 78.8 Å². The average Bonchev–Trinajstić information content (AvgIpc) is 3.12. The maximum Gasteiger partial charge on any atom is 0.276 e. The summed E-state index contributed by atoms with van der Waals surface area (Å²) in [6, 6.07) is -0.0950. The summed E-state index contributed by atoms with van der Waals surface area (Å²) in [6.45, 7) is 6.22. The first kappa shape index (κ1) is 16.2. The van der Waals surface area contributed by atoms with Gasteiger partial charge in [0.25, 0.3) is 5.91 Å². The van der Waals surface area contributed by atoms with E-state index in [0.29, 0.717) is 18.8 Å². The highest BCUT2D eigenvalue weighted by Crippen LogP contribution is 2.29. The van der Waals surface area contributed by atoms with E-state index < -0.39 is 0 Å². The number of imidazole rings is 1. The van der Waals surface area contributed by atoms with E-state index >= 15 is 0 Å². The SMILES string of the molecule is CC(C)c1[nH]nc(C(=O)N2CCNCC2c2nccn2C)c1Br. The molecule has 0 aromatic carbocycles. The number of carbonyl (C=O) groups excluding carboxylic acids is 1. The normalized spacial score (nSPS) is 18.7. The fraction of sp³-hybridized carbons (Fsp3) is 0.533. The van der Waals surface area contributed by atoms with Crippen molar-refractivity contribution in [3.05, 3.63) is 34.1 Å². The van der Waals surface area contributed by atoms with Crippen molar-refractivity contribution in [3.63, 3.8) is 0 Å². The van der Waals surface area contributed by atoms with Crippen LogP contribution < -0.4 is 5.32 Å². The highest BCUT2D eigenvalue weighted by molar-refractivity contribution is 9.10. The fourth-order valence-electron chi connectivity index (χ4n) is 2.88. The van der Waals surface area contributed by atoms with E-state index in [9.17, 15) is 4.79 Å². The van der Waals surface area contributed by atoms with Gasteiger partial charge < -0.3 is 14.8 Å². The third kappa shape index (κ3) is 2.92. The molecule has 124 valence electrons. The van der Waals surface area contributed by atoms with Crippen LogP contribution in [-0.2, 0) is 7.05 Å². The summed E-state index contributed by atoms with van der Waals surface area (Å²) in [6.07, 6.45) is 3.65. The smallest absolute Gasteiger partial charge is 0.276 e. The van der Waals surface area contributed by atoms with E-state index in [1.54, 1.807) is 6.20 Å². The lowest BCUT2D eigenvalue weighted by Crippen LogP contribution is -2.49. The number of aryl methyl sites for hydroxylation is 1. The lowest BCUT2D eigenvalue weighted by molar-refractivity contribution is 0.0613. The van der Waals surface area contributed by atoms with E-state index in [0.717, 1.165) is 22.5 Å². The van der Waals surface area contributed by atoms with Crippen molar-refractivity contribution in [3.8, 4) is 0 Å². The minimum atomic E-state index is -0.0950. The van der Waals surface area contributed by atoms with Crippen molar-refractivity contribution in [2.75, 3.05) is 19.6 Å². The Morgan fingerprint density at radius 3 is 2.87 bits per heavy atom. The van der Waals surface area contributed by atoms with Gasteiger partial charge in [0.1, 0.15) is 11.9 Å². The van der Waals surface area contributed by atoms with Crippen LogP contribution in [0.2, 0.25) is 0 Å². The van der Waals surface area contributed by atoms with Crippen LogP contribution in [0, 0.1) is 0 Å². The van der Waals surface area contributed by atoms with Crippen LogP contribution in [0.15, 0.2) is 16.9 Å². The van der Waals surface area contributed by atoms with Crippen LogP contribution in [0.5, 0.6) is 0 Å². The van der Waals surface area contributed by atoms with Crippen LogP contribution in [0.3, 0.4) is 0 Å². The van der Waals surface area contributed by atoms with Crippen molar-refractivity contribution >= 4 is 21.8 Å². The number of carbonyl (C=O) groups is 1. The highest BCUT2D eigenvalue weighted by Gasteiger charge is 2.33. The van der Waals surface area contributed by atoms with Gasteiger partial charge in [0.15, 0.2) is 5.69 Å². The van der Waals surface area contributed by atoms with Crippen LogP contribution >= 0.6 is 15.9 Å². The molecule has 2 aromatic rings. The standard InChI is InChI=1S/C15H21BrN6O/c1-9(2)12-11(16)13(20-19-12)15(23)22-7-4-17-8-10(22)14-18-5-6-21(14)3/h5-6,9-10,17H,4,7-8H2,1-3H3,(H,19,20). The molecular formula is C15H21BrN6O. The molecule has 1 amide bonds. The Morgan fingerprint density at radius 1 is 1.48 bits per heavy atom. The summed E-state index contributed by atoms with van der Waals surface area (Å²) < 4.78 is 2.71. The van der Waals surface area contributed by atoms with Crippen LogP contribution in [0.25, 0.3) is 0 Å². The van der Waals surface area contributed by atoms with Crippen LogP contribution in [0.4, 0.5) is 0 Å². The molecule has 3 heterocycles. The lowest BCUT2D eigenvalue weighted by atomic mass is 10.1. The summed E-state index contributed by atoms with van der Waals surface area (Å²) in [5.41, 5.74) is 1.38. The molecule has 0 aliphatic carbocycles. The summed E-state index contributed by atoms with van der Waals surface area (Å²) in [7, 11) is 1.95. The highest BCUT2D eigenvalue weighted by atomic mass is 79.9. The Hall–Kier alpha value is -1.67. The molecule has 1 aliphatic rings. The molecule has 3 rings (SSSR count). The number of hydrogen-bond donors (Lipinski definition) is 2. The first-order valence-electron chi connectivity index (χ1n) is 7.73. The number of hydrogen-bond acceptors (Lipinski definition) is 4. The van der Waals surface area contributed by atoms with E-state index in [-0.39, 0.29) is 17.9 Å². The van der Waals surface area contributed by atoms with Crippen molar-refractivity contribution in [2.45, 2.75) is 25.8 Å². The van der Waals surface area contributed by atoms with Gasteiger partial charge in [0.2, 0.25) is 0 Å². The van der Waals surface area contributed by atoms with Crippen LogP contribution in [-0.4, -0.2) is 50.2 Å². The fourth-order valence-corrected chi connectivity index (χ4v) is 3.68. The van der Waals surface area contributed by atoms with Gasteiger partial charge in [-0.05, 0) is 21.8 Å². The third-order valence-electron chi connectivity index (χ3n) is 4.17. The van der Waals surface area contributed by atoms with Gasteiger partial charge in [-0.15, -0.1) is 0 Å². The average molecular weight is 381 g/mol. The predicted molar refractivity (Wildman–Crippen MR) is 90.2 cm³/mol. The van der Waals surface area contributed by atoms with Gasteiger partial charge in [-0.1, -0.05) is 13.8 Å². The second-order valence-electron chi connectivity index (χ2n) is 6.07. The quantitative estimate of drug-likeness (QED) is 0.850. The predicted octanol–water partition coefficient (Wildman–Crippen LogP) is 1.82. The lowest BCUT2D eigenvalue weighted by Gasteiger charge is -2.35. The molecule has 23 heavy (non-hydrogen) atoms. The Morgan fingerprint density at radius 2 is 2.26 bits per heavy atom. The van der Waals surface area contributed by atoms with Crippen molar-refractivity contribution in [2.24, 2.45) is 7.05 Å². The number of rotatable bonds is 3. The Balaban J connectivity index is 1.92. The summed E-state index contributed by atoms with van der Waals surface area (Å²) in [5, 5.41) is 10.6. The number of nitrogens with zero attached hydrogens (tertiary/aromatic N) is 4. The van der Waals surface area contributed by atoms with Gasteiger partial charge in [0.05, 0.1) is 10.2 Å². The molecule has 7 nitrogen and oxygen atoms in total. The van der Waals surface area contributed by atoms with Gasteiger partial charge in [-0.3, -0.25) is 9.89 Å². The number of aromatic amines is 1. The van der Waals surface area contributed by atoms with Crippen molar-refractivity contribution < 1.29 is 4.79 Å².